The monoisotopic (exact) mass is 207 g/mol. The molecule has 0 unspecified atom stereocenters. The molecular formula is C9H9N3OS. The maximum absolute atomic E-state index is 11.1. The third-order valence-electron chi connectivity index (χ3n) is 1.95. The molecule has 2 rings (SSSR count). The van der Waals surface area contributed by atoms with Crippen LogP contribution in [0.25, 0.3) is 10.2 Å². The van der Waals surface area contributed by atoms with Gasteiger partial charge in [0.15, 0.2) is 10.9 Å². The number of anilines is 2. The Bertz CT molecular complexity index is 518. The predicted molar refractivity (Wildman–Crippen MR) is 58.4 cm³/mol. The van der Waals surface area contributed by atoms with Crippen molar-refractivity contribution in [2.75, 3.05) is 11.5 Å². The zero-order valence-corrected chi connectivity index (χ0v) is 8.39. The number of rotatable bonds is 1. The Morgan fingerprint density at radius 3 is 2.79 bits per heavy atom. The molecule has 0 bridgehead atoms. The lowest BCUT2D eigenvalue weighted by molar-refractivity contribution is 0.101. The molecule has 0 saturated carbocycles. The lowest BCUT2D eigenvalue weighted by atomic mass is 10.1. The van der Waals surface area contributed by atoms with Gasteiger partial charge in [0, 0.05) is 5.56 Å². The van der Waals surface area contributed by atoms with Gasteiger partial charge in [0.2, 0.25) is 0 Å². The largest absolute Gasteiger partial charge is 0.397 e. The van der Waals surface area contributed by atoms with Gasteiger partial charge in [-0.05, 0) is 19.1 Å². The highest BCUT2D eigenvalue weighted by Crippen LogP contribution is 2.29. The van der Waals surface area contributed by atoms with Crippen molar-refractivity contribution in [2.24, 2.45) is 0 Å². The molecule has 4 N–H and O–H groups in total. The smallest absolute Gasteiger partial charge is 0.181 e. The summed E-state index contributed by atoms with van der Waals surface area (Å²) in [6, 6.07) is 3.39. The molecule has 0 aliphatic carbocycles. The van der Waals surface area contributed by atoms with E-state index in [1.807, 2.05) is 0 Å². The number of benzene rings is 1. The average Bonchev–Trinajstić information content (AvgIpc) is 2.45. The Balaban J connectivity index is 2.77. The Labute approximate surface area is 84.5 Å². The first-order valence-electron chi connectivity index (χ1n) is 4.04. The highest BCUT2D eigenvalue weighted by atomic mass is 32.1. The van der Waals surface area contributed by atoms with E-state index in [9.17, 15) is 4.79 Å². The number of ketones is 1. The van der Waals surface area contributed by atoms with Crippen molar-refractivity contribution in [2.45, 2.75) is 6.92 Å². The number of hydrogen-bond acceptors (Lipinski definition) is 5. The van der Waals surface area contributed by atoms with Crippen LogP contribution in [0.3, 0.4) is 0 Å². The second-order valence-electron chi connectivity index (χ2n) is 3.02. The quantitative estimate of drug-likeness (QED) is 0.550. The van der Waals surface area contributed by atoms with Crippen LogP contribution in [0.1, 0.15) is 17.3 Å². The fourth-order valence-electron chi connectivity index (χ4n) is 1.28. The van der Waals surface area contributed by atoms with E-state index in [2.05, 4.69) is 4.98 Å². The fourth-order valence-corrected chi connectivity index (χ4v) is 2.08. The van der Waals surface area contributed by atoms with Gasteiger partial charge in [0.05, 0.1) is 10.4 Å². The minimum Gasteiger partial charge on any atom is -0.397 e. The van der Waals surface area contributed by atoms with Gasteiger partial charge in [-0.2, -0.15) is 0 Å². The number of fused-ring (bicyclic) bond motifs is 1. The minimum absolute atomic E-state index is 0.00873. The Morgan fingerprint density at radius 1 is 1.43 bits per heavy atom. The van der Waals surface area contributed by atoms with E-state index in [-0.39, 0.29) is 5.78 Å². The molecule has 0 amide bonds. The number of carbonyl (C=O) groups excluding carboxylic acids is 1. The maximum atomic E-state index is 11.1. The highest BCUT2D eigenvalue weighted by molar-refractivity contribution is 7.22. The molecule has 0 spiro atoms. The van der Waals surface area contributed by atoms with Crippen molar-refractivity contribution in [3.05, 3.63) is 17.7 Å². The first kappa shape index (κ1) is 8.96. The molecule has 1 heterocycles. The zero-order chi connectivity index (χ0) is 10.3. The normalized spacial score (nSPS) is 10.6. The number of nitrogen functional groups attached to an aromatic ring is 2. The number of thiazole rings is 1. The first-order valence-corrected chi connectivity index (χ1v) is 4.86. The van der Waals surface area contributed by atoms with Crippen LogP contribution < -0.4 is 11.5 Å². The van der Waals surface area contributed by atoms with Crippen LogP contribution in [0.4, 0.5) is 10.8 Å². The number of nitrogens with two attached hydrogens (primary N) is 2. The third kappa shape index (κ3) is 1.31. The van der Waals surface area contributed by atoms with Crippen molar-refractivity contribution in [1.29, 1.82) is 0 Å². The van der Waals surface area contributed by atoms with Crippen LogP contribution >= 0.6 is 11.3 Å². The standard InChI is InChI=1S/C9H9N3OS/c1-4(13)5-2-6(10)8-7(3-5)14-9(11)12-8/h2-3H,10H2,1H3,(H2,11,12). The summed E-state index contributed by atoms with van der Waals surface area (Å²) in [5.41, 5.74) is 13.1. The van der Waals surface area contributed by atoms with Crippen LogP contribution in [0.2, 0.25) is 0 Å². The molecule has 0 aliphatic heterocycles. The van der Waals surface area contributed by atoms with E-state index < -0.39 is 0 Å². The molecule has 72 valence electrons. The van der Waals surface area contributed by atoms with Gasteiger partial charge in [0.1, 0.15) is 5.52 Å². The summed E-state index contributed by atoms with van der Waals surface area (Å²) in [7, 11) is 0. The predicted octanol–water partition coefficient (Wildman–Crippen LogP) is 1.66. The Kier molecular flexibility index (Phi) is 1.89. The molecule has 2 aromatic rings. The van der Waals surface area contributed by atoms with Crippen molar-refractivity contribution >= 4 is 38.2 Å². The van der Waals surface area contributed by atoms with E-state index in [1.54, 1.807) is 12.1 Å². The maximum Gasteiger partial charge on any atom is 0.181 e. The average molecular weight is 207 g/mol. The van der Waals surface area contributed by atoms with E-state index >= 15 is 0 Å². The summed E-state index contributed by atoms with van der Waals surface area (Å²) in [5.74, 6) is -0.00873. The number of aromatic nitrogens is 1. The van der Waals surface area contributed by atoms with E-state index in [0.29, 0.717) is 21.9 Å². The van der Waals surface area contributed by atoms with Crippen LogP contribution in [-0.4, -0.2) is 10.8 Å². The SMILES string of the molecule is CC(=O)c1cc(N)c2nc(N)sc2c1. The molecule has 0 radical (unpaired) electrons. The lowest BCUT2D eigenvalue weighted by Gasteiger charge is -1.98. The molecule has 0 aliphatic rings. The molecule has 1 aromatic heterocycles. The fraction of sp³-hybridized carbons (Fsp3) is 0.111. The second-order valence-corrected chi connectivity index (χ2v) is 4.08. The summed E-state index contributed by atoms with van der Waals surface area (Å²) >= 11 is 1.33. The topological polar surface area (TPSA) is 82.0 Å². The molecule has 5 heteroatoms. The molecule has 0 fully saturated rings. The highest BCUT2D eigenvalue weighted by Gasteiger charge is 2.08. The summed E-state index contributed by atoms with van der Waals surface area (Å²) in [4.78, 5) is 15.2. The van der Waals surface area contributed by atoms with Crippen molar-refractivity contribution < 1.29 is 4.79 Å². The third-order valence-corrected chi connectivity index (χ3v) is 2.78. The molecule has 0 saturated heterocycles. The lowest BCUT2D eigenvalue weighted by Crippen LogP contribution is -1.95. The number of hydrogen-bond donors (Lipinski definition) is 2. The van der Waals surface area contributed by atoms with Gasteiger partial charge in [0.25, 0.3) is 0 Å². The van der Waals surface area contributed by atoms with Crippen LogP contribution in [0, 0.1) is 0 Å². The van der Waals surface area contributed by atoms with Crippen molar-refractivity contribution in [3.8, 4) is 0 Å². The second kappa shape index (κ2) is 2.95. The molecule has 0 atom stereocenters. The number of nitrogens with zero attached hydrogens (tertiary/aromatic N) is 1. The van der Waals surface area contributed by atoms with Gasteiger partial charge < -0.3 is 11.5 Å². The van der Waals surface area contributed by atoms with Gasteiger partial charge in [-0.15, -0.1) is 0 Å². The Hall–Kier alpha value is -1.62. The summed E-state index contributed by atoms with van der Waals surface area (Å²) in [5, 5.41) is 0.465. The van der Waals surface area contributed by atoms with Gasteiger partial charge in [-0.1, -0.05) is 11.3 Å². The van der Waals surface area contributed by atoms with Crippen molar-refractivity contribution in [3.63, 3.8) is 0 Å². The van der Waals surface area contributed by atoms with Crippen LogP contribution in [0.5, 0.6) is 0 Å². The zero-order valence-electron chi connectivity index (χ0n) is 7.57. The number of carbonyl (C=O) groups is 1. The summed E-state index contributed by atoms with van der Waals surface area (Å²) < 4.78 is 0.854. The van der Waals surface area contributed by atoms with Crippen LogP contribution in [0.15, 0.2) is 12.1 Å². The number of Topliss-reactive ketones (excluding diaryl/α,β-unsaturated/α-hetero) is 1. The molecule has 14 heavy (non-hydrogen) atoms. The van der Waals surface area contributed by atoms with Crippen molar-refractivity contribution in [1.82, 2.24) is 4.98 Å². The first-order chi connectivity index (χ1) is 6.58. The molecular weight excluding hydrogens is 198 g/mol. The van der Waals surface area contributed by atoms with Gasteiger partial charge in [-0.25, -0.2) is 4.98 Å². The van der Waals surface area contributed by atoms with Crippen LogP contribution in [-0.2, 0) is 0 Å². The van der Waals surface area contributed by atoms with Gasteiger partial charge >= 0.3 is 0 Å². The van der Waals surface area contributed by atoms with E-state index in [0.717, 1.165) is 4.70 Å². The molecule has 4 nitrogen and oxygen atoms in total. The summed E-state index contributed by atoms with van der Waals surface area (Å²) in [6.07, 6.45) is 0. The van der Waals surface area contributed by atoms with E-state index in [4.69, 9.17) is 11.5 Å². The summed E-state index contributed by atoms with van der Waals surface area (Å²) in [6.45, 7) is 1.50. The minimum atomic E-state index is -0.00873. The van der Waals surface area contributed by atoms with E-state index in [1.165, 1.54) is 18.3 Å². The molecule has 1 aromatic carbocycles. The van der Waals surface area contributed by atoms with Gasteiger partial charge in [-0.3, -0.25) is 4.79 Å². The Morgan fingerprint density at radius 2 is 2.14 bits per heavy atom.